The first-order valence-electron chi connectivity index (χ1n) is 5.76. The molecule has 2 N–H and O–H groups in total. The molecule has 1 aromatic carbocycles. The second-order valence-electron chi connectivity index (χ2n) is 4.79. The molecule has 0 aromatic heterocycles. The Kier molecular flexibility index (Phi) is 3.07. The molecule has 1 heterocycles. The summed E-state index contributed by atoms with van der Waals surface area (Å²) in [5.41, 5.74) is 0.111. The zero-order chi connectivity index (χ0) is 12.5. The van der Waals surface area contributed by atoms with Gasteiger partial charge in [-0.1, -0.05) is 30.3 Å². The Bertz CT molecular complexity index is 402. The first kappa shape index (κ1) is 11.9. The minimum absolute atomic E-state index is 0.359. The number of amides is 1. The van der Waals surface area contributed by atoms with Crippen molar-refractivity contribution in [2.75, 3.05) is 6.54 Å². The summed E-state index contributed by atoms with van der Waals surface area (Å²) in [6.45, 7) is 2.11. The van der Waals surface area contributed by atoms with E-state index in [-0.39, 0.29) is 6.04 Å². The van der Waals surface area contributed by atoms with Crippen LogP contribution in [-0.4, -0.2) is 39.4 Å². The van der Waals surface area contributed by atoms with Crippen molar-refractivity contribution < 1.29 is 15.0 Å². The van der Waals surface area contributed by atoms with Crippen molar-refractivity contribution in [3.63, 3.8) is 0 Å². The molecule has 0 aliphatic carbocycles. The molecule has 2 unspecified atom stereocenters. The molecule has 1 fully saturated rings. The van der Waals surface area contributed by atoms with Crippen molar-refractivity contribution in [1.82, 2.24) is 4.90 Å². The van der Waals surface area contributed by atoms with Gasteiger partial charge in [0.15, 0.2) is 0 Å². The Morgan fingerprint density at radius 2 is 2.12 bits per heavy atom. The summed E-state index contributed by atoms with van der Waals surface area (Å²) in [6.07, 6.45) is 0.0976. The van der Waals surface area contributed by atoms with Gasteiger partial charge in [-0.25, -0.2) is 4.79 Å². The summed E-state index contributed by atoms with van der Waals surface area (Å²) in [6, 6.07) is 9.31. The van der Waals surface area contributed by atoms with Crippen molar-refractivity contribution in [2.45, 2.75) is 31.4 Å². The van der Waals surface area contributed by atoms with Crippen LogP contribution in [0.2, 0.25) is 0 Å². The number of rotatable bonds is 2. The van der Waals surface area contributed by atoms with E-state index in [0.29, 0.717) is 19.4 Å². The standard InChI is InChI=1S/C13H17NO3/c1-13(17)7-8-14(12(15)16)11(13)9-10-5-3-2-4-6-10/h2-6,11,17H,7-9H2,1H3,(H,15,16). The minimum atomic E-state index is -0.955. The maximum atomic E-state index is 11.1. The van der Waals surface area contributed by atoms with E-state index >= 15 is 0 Å². The van der Waals surface area contributed by atoms with Crippen LogP contribution in [0.1, 0.15) is 18.9 Å². The summed E-state index contributed by atoms with van der Waals surface area (Å²) in [5.74, 6) is 0. The van der Waals surface area contributed by atoms with Crippen molar-refractivity contribution in [2.24, 2.45) is 0 Å². The SMILES string of the molecule is CC1(O)CCN(C(=O)O)C1Cc1ccccc1. The van der Waals surface area contributed by atoms with Gasteiger partial charge in [-0.3, -0.25) is 0 Å². The van der Waals surface area contributed by atoms with Crippen LogP contribution in [0.4, 0.5) is 4.79 Å². The minimum Gasteiger partial charge on any atom is -0.465 e. The van der Waals surface area contributed by atoms with Gasteiger partial charge >= 0.3 is 6.09 Å². The first-order chi connectivity index (χ1) is 8.00. The third-order valence-corrected chi connectivity index (χ3v) is 3.47. The first-order valence-corrected chi connectivity index (χ1v) is 5.76. The Balaban J connectivity index is 2.19. The molecule has 2 rings (SSSR count). The maximum absolute atomic E-state index is 11.1. The molecule has 1 aliphatic rings. The van der Waals surface area contributed by atoms with E-state index in [1.807, 2.05) is 30.3 Å². The van der Waals surface area contributed by atoms with Crippen molar-refractivity contribution >= 4 is 6.09 Å². The molecule has 0 bridgehead atoms. The smallest absolute Gasteiger partial charge is 0.407 e. The van der Waals surface area contributed by atoms with E-state index < -0.39 is 11.7 Å². The molecule has 1 amide bonds. The van der Waals surface area contributed by atoms with E-state index in [1.165, 1.54) is 4.90 Å². The van der Waals surface area contributed by atoms with Gasteiger partial charge in [0.2, 0.25) is 0 Å². The van der Waals surface area contributed by atoms with Gasteiger partial charge in [0.25, 0.3) is 0 Å². The van der Waals surface area contributed by atoms with Crippen LogP contribution in [0, 0.1) is 0 Å². The van der Waals surface area contributed by atoms with Gasteiger partial charge in [-0.2, -0.15) is 0 Å². The lowest BCUT2D eigenvalue weighted by atomic mass is 9.91. The van der Waals surface area contributed by atoms with Crippen molar-refractivity contribution in [3.8, 4) is 0 Å². The lowest BCUT2D eigenvalue weighted by molar-refractivity contribution is 0.0220. The van der Waals surface area contributed by atoms with Crippen LogP contribution in [-0.2, 0) is 6.42 Å². The fraction of sp³-hybridized carbons (Fsp3) is 0.462. The van der Waals surface area contributed by atoms with Gasteiger partial charge in [0.1, 0.15) is 0 Å². The number of carbonyl (C=O) groups is 1. The molecule has 0 radical (unpaired) electrons. The molecular formula is C13H17NO3. The van der Waals surface area contributed by atoms with Gasteiger partial charge in [0, 0.05) is 6.54 Å². The van der Waals surface area contributed by atoms with Gasteiger partial charge in [-0.15, -0.1) is 0 Å². The number of nitrogens with zero attached hydrogens (tertiary/aromatic N) is 1. The molecule has 0 saturated carbocycles. The van der Waals surface area contributed by atoms with Crippen LogP contribution < -0.4 is 0 Å². The zero-order valence-electron chi connectivity index (χ0n) is 9.84. The molecule has 1 aliphatic heterocycles. The molecule has 0 spiro atoms. The Morgan fingerprint density at radius 1 is 1.47 bits per heavy atom. The summed E-state index contributed by atoms with van der Waals surface area (Å²) in [7, 11) is 0. The number of hydrogen-bond acceptors (Lipinski definition) is 2. The molecule has 92 valence electrons. The number of aliphatic hydroxyl groups is 1. The molecule has 1 aromatic rings. The van der Waals surface area contributed by atoms with Gasteiger partial charge < -0.3 is 15.1 Å². The third kappa shape index (κ3) is 2.42. The summed E-state index contributed by atoms with van der Waals surface area (Å²) >= 11 is 0. The average Bonchev–Trinajstić information content (AvgIpc) is 2.56. The highest BCUT2D eigenvalue weighted by molar-refractivity contribution is 5.66. The number of likely N-dealkylation sites (tertiary alicyclic amines) is 1. The predicted octanol–water partition coefficient (Wildman–Crippen LogP) is 1.73. The van der Waals surface area contributed by atoms with Gasteiger partial charge in [-0.05, 0) is 25.3 Å². The largest absolute Gasteiger partial charge is 0.465 e. The molecule has 1 saturated heterocycles. The topological polar surface area (TPSA) is 60.8 Å². The normalized spacial score (nSPS) is 28.4. The van der Waals surface area contributed by atoms with Crippen LogP contribution in [0.25, 0.3) is 0 Å². The van der Waals surface area contributed by atoms with E-state index in [9.17, 15) is 9.90 Å². The maximum Gasteiger partial charge on any atom is 0.407 e. The fourth-order valence-corrected chi connectivity index (χ4v) is 2.40. The third-order valence-electron chi connectivity index (χ3n) is 3.47. The second-order valence-corrected chi connectivity index (χ2v) is 4.79. The molecular weight excluding hydrogens is 218 g/mol. The quantitative estimate of drug-likeness (QED) is 0.820. The van der Waals surface area contributed by atoms with Crippen molar-refractivity contribution in [1.29, 1.82) is 0 Å². The molecule has 17 heavy (non-hydrogen) atoms. The van der Waals surface area contributed by atoms with E-state index in [2.05, 4.69) is 0 Å². The summed E-state index contributed by atoms with van der Waals surface area (Å²) in [5, 5.41) is 19.3. The summed E-state index contributed by atoms with van der Waals surface area (Å²) < 4.78 is 0. The van der Waals surface area contributed by atoms with E-state index in [4.69, 9.17) is 5.11 Å². The summed E-state index contributed by atoms with van der Waals surface area (Å²) in [4.78, 5) is 12.4. The molecule has 4 heteroatoms. The van der Waals surface area contributed by atoms with Crippen LogP contribution in [0.3, 0.4) is 0 Å². The highest BCUT2D eigenvalue weighted by atomic mass is 16.4. The van der Waals surface area contributed by atoms with Crippen LogP contribution >= 0.6 is 0 Å². The number of benzene rings is 1. The molecule has 2 atom stereocenters. The molecule has 4 nitrogen and oxygen atoms in total. The second kappa shape index (κ2) is 4.37. The van der Waals surface area contributed by atoms with Crippen LogP contribution in [0.5, 0.6) is 0 Å². The highest BCUT2D eigenvalue weighted by Crippen LogP contribution is 2.30. The number of carboxylic acid groups (broad SMARTS) is 1. The van der Waals surface area contributed by atoms with E-state index in [0.717, 1.165) is 5.56 Å². The number of hydrogen-bond donors (Lipinski definition) is 2. The fourth-order valence-electron chi connectivity index (χ4n) is 2.40. The van der Waals surface area contributed by atoms with Crippen LogP contribution in [0.15, 0.2) is 30.3 Å². The highest BCUT2D eigenvalue weighted by Gasteiger charge is 2.44. The van der Waals surface area contributed by atoms with E-state index in [1.54, 1.807) is 6.92 Å². The lowest BCUT2D eigenvalue weighted by Crippen LogP contribution is -2.46. The average molecular weight is 235 g/mol. The predicted molar refractivity (Wildman–Crippen MR) is 63.9 cm³/mol. The van der Waals surface area contributed by atoms with Crippen molar-refractivity contribution in [3.05, 3.63) is 35.9 Å². The Labute approximate surface area is 100 Å². The zero-order valence-corrected chi connectivity index (χ0v) is 9.84. The Hall–Kier alpha value is -1.55. The monoisotopic (exact) mass is 235 g/mol. The van der Waals surface area contributed by atoms with Gasteiger partial charge in [0.05, 0.1) is 11.6 Å². The Morgan fingerprint density at radius 3 is 2.71 bits per heavy atom. The lowest BCUT2D eigenvalue weighted by Gasteiger charge is -2.30.